The van der Waals surface area contributed by atoms with Gasteiger partial charge >= 0.3 is 6.03 Å². The maximum absolute atomic E-state index is 13.4. The van der Waals surface area contributed by atoms with Gasteiger partial charge in [0.25, 0.3) is 0 Å². The topological polar surface area (TPSA) is 105 Å². The van der Waals surface area contributed by atoms with Crippen LogP contribution in [-0.4, -0.2) is 65.7 Å². The van der Waals surface area contributed by atoms with E-state index in [1.807, 2.05) is 58.3 Å². The number of hydrogen-bond acceptors (Lipinski definition) is 5. The van der Waals surface area contributed by atoms with Gasteiger partial charge in [-0.2, -0.15) is 5.10 Å². The molecule has 1 aromatic heterocycles. The zero-order valence-electron chi connectivity index (χ0n) is 19.9. The number of aromatic amines is 1. The molecule has 0 radical (unpaired) electrons. The maximum atomic E-state index is 13.4. The first kappa shape index (κ1) is 23.3. The van der Waals surface area contributed by atoms with Crippen LogP contribution >= 0.6 is 0 Å². The summed E-state index contributed by atoms with van der Waals surface area (Å²) < 4.78 is 0. The predicted octanol–water partition coefficient (Wildman–Crippen LogP) is 2.41. The number of rotatable bonds is 6. The molecule has 3 heterocycles. The van der Waals surface area contributed by atoms with Crippen molar-refractivity contribution in [3.05, 3.63) is 47.2 Å². The molecule has 0 spiro atoms. The fourth-order valence-electron chi connectivity index (χ4n) is 4.75. The maximum Gasteiger partial charge on any atom is 0.319 e. The van der Waals surface area contributed by atoms with Crippen LogP contribution in [0.15, 0.2) is 30.3 Å². The molecule has 1 aromatic carbocycles. The summed E-state index contributed by atoms with van der Waals surface area (Å²) >= 11 is 0. The van der Waals surface area contributed by atoms with E-state index < -0.39 is 5.54 Å². The third-order valence-corrected chi connectivity index (χ3v) is 6.67. The van der Waals surface area contributed by atoms with Gasteiger partial charge in [-0.1, -0.05) is 30.3 Å². The minimum Gasteiger partial charge on any atom is -0.330 e. The van der Waals surface area contributed by atoms with Crippen molar-refractivity contribution < 1.29 is 9.59 Å². The average molecular weight is 454 g/mol. The fourth-order valence-corrected chi connectivity index (χ4v) is 4.75. The summed E-state index contributed by atoms with van der Waals surface area (Å²) in [5, 5.41) is 16.9. The van der Waals surface area contributed by atoms with Crippen LogP contribution in [0.3, 0.4) is 0 Å². The van der Waals surface area contributed by atoms with E-state index in [2.05, 4.69) is 31.0 Å². The first-order valence-corrected chi connectivity index (χ1v) is 11.6. The smallest absolute Gasteiger partial charge is 0.319 e. The molecule has 33 heavy (non-hydrogen) atoms. The van der Waals surface area contributed by atoms with Gasteiger partial charge in [0.1, 0.15) is 0 Å². The Morgan fingerprint density at radius 1 is 1.27 bits per heavy atom. The van der Waals surface area contributed by atoms with Crippen LogP contribution in [0.2, 0.25) is 0 Å². The molecule has 0 bridgehead atoms. The number of amides is 3. The molecular formula is C24H35N7O2. The second-order valence-electron chi connectivity index (χ2n) is 9.78. The summed E-state index contributed by atoms with van der Waals surface area (Å²) in [7, 11) is 3.99. The zero-order valence-corrected chi connectivity index (χ0v) is 19.9. The minimum atomic E-state index is -0.582. The highest BCUT2D eigenvalue weighted by atomic mass is 16.2. The van der Waals surface area contributed by atoms with Crippen LogP contribution in [0, 0.1) is 5.92 Å². The second-order valence-corrected chi connectivity index (χ2v) is 9.78. The number of carbonyl (C=O) groups is 2. The Labute approximate surface area is 195 Å². The van der Waals surface area contributed by atoms with E-state index in [4.69, 9.17) is 0 Å². The normalized spacial score (nSPS) is 20.4. The summed E-state index contributed by atoms with van der Waals surface area (Å²) in [6.07, 6.45) is 1.87. The molecule has 2 aliphatic heterocycles. The Balaban J connectivity index is 1.49. The van der Waals surface area contributed by atoms with Gasteiger partial charge in [-0.3, -0.25) is 9.89 Å². The van der Waals surface area contributed by atoms with Gasteiger partial charge in [0.05, 0.1) is 29.7 Å². The minimum absolute atomic E-state index is 0.0210. The number of anilines is 1. The third kappa shape index (κ3) is 4.89. The molecule has 4 N–H and O–H groups in total. The Morgan fingerprint density at radius 3 is 2.70 bits per heavy atom. The molecule has 0 aliphatic carbocycles. The highest BCUT2D eigenvalue weighted by Gasteiger charge is 2.44. The molecule has 1 saturated heterocycles. The molecule has 1 unspecified atom stereocenters. The molecule has 3 amide bonds. The predicted molar refractivity (Wildman–Crippen MR) is 128 cm³/mol. The van der Waals surface area contributed by atoms with Crippen LogP contribution in [-0.2, 0) is 16.9 Å². The number of likely N-dealkylation sites (N-methyl/N-ethyl adjacent to an activating group) is 1. The molecule has 2 aliphatic rings. The quantitative estimate of drug-likeness (QED) is 0.538. The number of urea groups is 1. The molecule has 178 valence electrons. The monoisotopic (exact) mass is 453 g/mol. The first-order valence-electron chi connectivity index (χ1n) is 11.6. The van der Waals surface area contributed by atoms with Crippen molar-refractivity contribution in [3.8, 4) is 0 Å². The molecular weight excluding hydrogens is 418 g/mol. The van der Waals surface area contributed by atoms with Crippen molar-refractivity contribution in [2.75, 3.05) is 39.0 Å². The van der Waals surface area contributed by atoms with Gasteiger partial charge in [0, 0.05) is 18.7 Å². The second kappa shape index (κ2) is 9.52. The molecule has 2 atom stereocenters. The summed E-state index contributed by atoms with van der Waals surface area (Å²) in [6, 6.07) is 9.72. The van der Waals surface area contributed by atoms with Crippen LogP contribution in [0.5, 0.6) is 0 Å². The van der Waals surface area contributed by atoms with E-state index >= 15 is 0 Å². The van der Waals surface area contributed by atoms with Gasteiger partial charge in [-0.25, -0.2) is 4.79 Å². The Morgan fingerprint density at radius 2 is 2.03 bits per heavy atom. The molecule has 2 aromatic rings. The molecule has 9 heteroatoms. The largest absolute Gasteiger partial charge is 0.330 e. The van der Waals surface area contributed by atoms with Crippen LogP contribution in [0.4, 0.5) is 10.6 Å². The standard InChI is InChI=1S/C24H35N7O2/c1-24(2)20-18(21(29-28-20)27-22(32)17-11-8-12-25-13-17)14-31(24)23(33)26-19(15-30(3)4)16-9-6-5-7-10-16/h5-7,9-10,17,19,25H,8,11-15H2,1-4H3,(H,26,33)(H2,27,28,29,32)/t17?,19-/m1/s1. The number of H-pyrrole nitrogens is 1. The first-order chi connectivity index (χ1) is 15.8. The zero-order chi connectivity index (χ0) is 23.6. The number of fused-ring (bicyclic) bond motifs is 1. The van der Waals surface area contributed by atoms with Gasteiger partial charge < -0.3 is 25.8 Å². The average Bonchev–Trinajstić information content (AvgIpc) is 3.32. The van der Waals surface area contributed by atoms with E-state index in [-0.39, 0.29) is 23.9 Å². The van der Waals surface area contributed by atoms with Crippen LogP contribution < -0.4 is 16.0 Å². The lowest BCUT2D eigenvalue weighted by atomic mass is 9.98. The van der Waals surface area contributed by atoms with Gasteiger partial charge in [0.2, 0.25) is 5.91 Å². The number of piperidine rings is 1. The van der Waals surface area contributed by atoms with E-state index in [9.17, 15) is 9.59 Å². The summed E-state index contributed by atoms with van der Waals surface area (Å²) in [4.78, 5) is 30.1. The van der Waals surface area contributed by atoms with Gasteiger partial charge in [0.15, 0.2) is 5.82 Å². The summed E-state index contributed by atoms with van der Waals surface area (Å²) in [5.74, 6) is 0.446. The number of hydrogen-bond donors (Lipinski definition) is 4. The lowest BCUT2D eigenvalue weighted by molar-refractivity contribution is -0.120. The lowest BCUT2D eigenvalue weighted by Gasteiger charge is -2.34. The Hall–Kier alpha value is -2.91. The van der Waals surface area contributed by atoms with Crippen molar-refractivity contribution in [2.24, 2.45) is 5.92 Å². The fraction of sp³-hybridized carbons (Fsp3) is 0.542. The molecule has 0 saturated carbocycles. The molecule has 9 nitrogen and oxygen atoms in total. The van der Waals surface area contributed by atoms with E-state index in [1.54, 1.807) is 4.90 Å². The van der Waals surface area contributed by atoms with Crippen molar-refractivity contribution in [1.29, 1.82) is 0 Å². The SMILES string of the molecule is CN(C)C[C@@H](NC(=O)N1Cc2c(NC(=O)C3CCCNC3)n[nH]c2C1(C)C)c1ccccc1. The summed E-state index contributed by atoms with van der Waals surface area (Å²) in [6.45, 7) is 6.70. The third-order valence-electron chi connectivity index (χ3n) is 6.67. The lowest BCUT2D eigenvalue weighted by Crippen LogP contribution is -2.48. The number of carbonyl (C=O) groups excluding carboxylic acids is 2. The Bertz CT molecular complexity index is 980. The highest BCUT2D eigenvalue weighted by Crippen LogP contribution is 2.40. The number of aromatic nitrogens is 2. The van der Waals surface area contributed by atoms with E-state index in [0.717, 1.165) is 36.2 Å². The summed E-state index contributed by atoms with van der Waals surface area (Å²) in [5.41, 5.74) is 2.21. The number of benzene rings is 1. The number of nitrogens with zero attached hydrogens (tertiary/aromatic N) is 3. The van der Waals surface area contributed by atoms with Gasteiger partial charge in [-0.05, 0) is 52.9 Å². The molecule has 1 fully saturated rings. The van der Waals surface area contributed by atoms with Crippen LogP contribution in [0.1, 0.15) is 49.6 Å². The van der Waals surface area contributed by atoms with Crippen molar-refractivity contribution in [1.82, 2.24) is 30.6 Å². The van der Waals surface area contributed by atoms with Crippen LogP contribution in [0.25, 0.3) is 0 Å². The molecule has 4 rings (SSSR count). The van der Waals surface area contributed by atoms with E-state index in [0.29, 0.717) is 25.5 Å². The van der Waals surface area contributed by atoms with Crippen molar-refractivity contribution >= 4 is 17.8 Å². The van der Waals surface area contributed by atoms with Gasteiger partial charge in [-0.15, -0.1) is 0 Å². The van der Waals surface area contributed by atoms with Crippen molar-refractivity contribution in [3.63, 3.8) is 0 Å². The number of nitrogens with one attached hydrogen (secondary N) is 4. The highest BCUT2D eigenvalue weighted by molar-refractivity contribution is 5.93. The Kier molecular flexibility index (Phi) is 6.71. The van der Waals surface area contributed by atoms with E-state index in [1.165, 1.54) is 0 Å². The van der Waals surface area contributed by atoms with Crippen molar-refractivity contribution in [2.45, 2.75) is 44.8 Å².